The van der Waals surface area contributed by atoms with Gasteiger partial charge in [-0.05, 0) is 62.7 Å². The molecule has 0 bridgehead atoms. The molecule has 0 fully saturated rings. The van der Waals surface area contributed by atoms with Crippen LogP contribution in [0.15, 0.2) is 77.7 Å². The number of hydrogen-bond donors (Lipinski definition) is 2. The Bertz CT molecular complexity index is 1140. The number of anilines is 1. The SMILES string of the molecule is Cc1ccc(S(=O)(=O)Nc2cc(C(=O)N[C@@H](C)COc3ccccc3)ccc2C)cc1. The zero-order valence-corrected chi connectivity index (χ0v) is 18.6. The molecule has 0 spiro atoms. The van der Waals surface area contributed by atoms with Crippen LogP contribution >= 0.6 is 0 Å². The zero-order valence-electron chi connectivity index (χ0n) is 17.8. The molecule has 3 rings (SSSR count). The predicted molar refractivity (Wildman–Crippen MR) is 122 cm³/mol. The molecule has 7 heteroatoms. The Kier molecular flexibility index (Phi) is 6.97. The lowest BCUT2D eigenvalue weighted by molar-refractivity contribution is 0.0926. The number of para-hydroxylation sites is 1. The van der Waals surface area contributed by atoms with Crippen molar-refractivity contribution in [3.05, 3.63) is 89.5 Å². The summed E-state index contributed by atoms with van der Waals surface area (Å²) in [5, 5.41) is 2.87. The quantitative estimate of drug-likeness (QED) is 0.549. The lowest BCUT2D eigenvalue weighted by atomic mass is 10.1. The van der Waals surface area contributed by atoms with Gasteiger partial charge in [0.25, 0.3) is 15.9 Å². The Balaban J connectivity index is 1.68. The summed E-state index contributed by atoms with van der Waals surface area (Å²) in [5.41, 5.74) is 2.41. The van der Waals surface area contributed by atoms with Gasteiger partial charge in [0.2, 0.25) is 0 Å². The summed E-state index contributed by atoms with van der Waals surface area (Å²) in [6.07, 6.45) is 0. The van der Waals surface area contributed by atoms with Gasteiger partial charge in [0.05, 0.1) is 16.6 Å². The summed E-state index contributed by atoms with van der Waals surface area (Å²) in [5.74, 6) is 0.423. The summed E-state index contributed by atoms with van der Waals surface area (Å²) >= 11 is 0. The monoisotopic (exact) mass is 438 g/mol. The fourth-order valence-corrected chi connectivity index (χ4v) is 4.00. The lowest BCUT2D eigenvalue weighted by Crippen LogP contribution is -2.36. The third-order valence-corrected chi connectivity index (χ3v) is 6.08. The van der Waals surface area contributed by atoms with Crippen LogP contribution in [-0.2, 0) is 10.0 Å². The number of rotatable bonds is 8. The first-order valence-electron chi connectivity index (χ1n) is 9.93. The highest BCUT2D eigenvalue weighted by atomic mass is 32.2. The average molecular weight is 439 g/mol. The van der Waals surface area contributed by atoms with Gasteiger partial charge < -0.3 is 10.1 Å². The Morgan fingerprint density at radius 1 is 0.968 bits per heavy atom. The highest BCUT2D eigenvalue weighted by molar-refractivity contribution is 7.92. The van der Waals surface area contributed by atoms with Crippen LogP contribution in [0.3, 0.4) is 0 Å². The summed E-state index contributed by atoms with van der Waals surface area (Å²) in [6.45, 7) is 5.83. The van der Waals surface area contributed by atoms with Gasteiger partial charge in [0.15, 0.2) is 0 Å². The molecule has 0 saturated heterocycles. The van der Waals surface area contributed by atoms with Crippen molar-refractivity contribution in [2.75, 3.05) is 11.3 Å². The maximum Gasteiger partial charge on any atom is 0.261 e. The van der Waals surface area contributed by atoms with Crippen molar-refractivity contribution in [3.63, 3.8) is 0 Å². The predicted octanol–water partition coefficient (Wildman–Crippen LogP) is 4.30. The van der Waals surface area contributed by atoms with Crippen molar-refractivity contribution >= 4 is 21.6 Å². The topological polar surface area (TPSA) is 84.5 Å². The molecule has 0 aliphatic carbocycles. The molecule has 6 nitrogen and oxygen atoms in total. The van der Waals surface area contributed by atoms with Crippen molar-refractivity contribution in [1.82, 2.24) is 5.32 Å². The number of sulfonamides is 1. The number of aryl methyl sites for hydroxylation is 2. The van der Waals surface area contributed by atoms with E-state index >= 15 is 0 Å². The summed E-state index contributed by atoms with van der Waals surface area (Å²) in [6, 6.07) is 20.6. The first kappa shape index (κ1) is 22.4. The first-order chi connectivity index (χ1) is 14.7. The second-order valence-corrected chi connectivity index (χ2v) is 9.13. The van der Waals surface area contributed by atoms with Gasteiger partial charge in [0, 0.05) is 5.56 Å². The van der Waals surface area contributed by atoms with Crippen molar-refractivity contribution < 1.29 is 17.9 Å². The Morgan fingerprint density at radius 3 is 2.32 bits per heavy atom. The average Bonchev–Trinajstić information content (AvgIpc) is 2.74. The number of ether oxygens (including phenoxy) is 1. The van der Waals surface area contributed by atoms with E-state index in [0.29, 0.717) is 23.4 Å². The molecule has 0 aromatic heterocycles. The van der Waals surface area contributed by atoms with Crippen LogP contribution in [0.5, 0.6) is 5.75 Å². The fraction of sp³-hybridized carbons (Fsp3) is 0.208. The van der Waals surface area contributed by atoms with E-state index in [1.165, 1.54) is 0 Å². The Labute approximate surface area is 183 Å². The number of amides is 1. The van der Waals surface area contributed by atoms with E-state index in [2.05, 4.69) is 10.0 Å². The second kappa shape index (κ2) is 9.66. The molecule has 0 unspecified atom stereocenters. The van der Waals surface area contributed by atoms with E-state index in [4.69, 9.17) is 4.74 Å². The zero-order chi connectivity index (χ0) is 22.4. The number of hydrogen-bond acceptors (Lipinski definition) is 4. The molecule has 1 atom stereocenters. The molecule has 1 amide bonds. The van der Waals surface area contributed by atoms with Crippen LogP contribution in [0, 0.1) is 13.8 Å². The van der Waals surface area contributed by atoms with E-state index in [1.54, 1.807) is 49.4 Å². The van der Waals surface area contributed by atoms with E-state index in [-0.39, 0.29) is 16.8 Å². The largest absolute Gasteiger partial charge is 0.491 e. The number of nitrogens with one attached hydrogen (secondary N) is 2. The van der Waals surface area contributed by atoms with Gasteiger partial charge in [-0.2, -0.15) is 0 Å². The molecule has 162 valence electrons. The minimum atomic E-state index is -3.76. The maximum absolute atomic E-state index is 12.7. The van der Waals surface area contributed by atoms with E-state index in [1.807, 2.05) is 44.2 Å². The Hall–Kier alpha value is -3.32. The van der Waals surface area contributed by atoms with Crippen LogP contribution in [0.1, 0.15) is 28.4 Å². The van der Waals surface area contributed by atoms with Gasteiger partial charge in [-0.25, -0.2) is 8.42 Å². The highest BCUT2D eigenvalue weighted by Gasteiger charge is 2.17. The fourth-order valence-electron chi connectivity index (χ4n) is 2.88. The molecule has 31 heavy (non-hydrogen) atoms. The van der Waals surface area contributed by atoms with Crippen LogP contribution < -0.4 is 14.8 Å². The van der Waals surface area contributed by atoms with E-state index in [0.717, 1.165) is 11.3 Å². The van der Waals surface area contributed by atoms with Gasteiger partial charge >= 0.3 is 0 Å². The molecular formula is C24H26N2O4S. The maximum atomic E-state index is 12.7. The van der Waals surface area contributed by atoms with Crippen molar-refractivity contribution in [1.29, 1.82) is 0 Å². The van der Waals surface area contributed by atoms with Crippen LogP contribution in [0.25, 0.3) is 0 Å². The van der Waals surface area contributed by atoms with E-state index < -0.39 is 10.0 Å². The standard InChI is InChI=1S/C24H26N2O4S/c1-17-9-13-22(14-10-17)31(28,29)26-23-15-20(12-11-18(23)2)24(27)25-19(3)16-30-21-7-5-4-6-8-21/h4-15,19,26H,16H2,1-3H3,(H,25,27)/t19-/m0/s1. The highest BCUT2D eigenvalue weighted by Crippen LogP contribution is 2.22. The summed E-state index contributed by atoms with van der Waals surface area (Å²) in [4.78, 5) is 12.8. The summed E-state index contributed by atoms with van der Waals surface area (Å²) in [7, 11) is -3.76. The van der Waals surface area contributed by atoms with Crippen molar-refractivity contribution in [3.8, 4) is 5.75 Å². The molecule has 0 aliphatic rings. The van der Waals surface area contributed by atoms with Gasteiger partial charge in [0.1, 0.15) is 12.4 Å². The van der Waals surface area contributed by atoms with Gasteiger partial charge in [-0.15, -0.1) is 0 Å². The van der Waals surface area contributed by atoms with Crippen LogP contribution in [0.2, 0.25) is 0 Å². The number of carbonyl (C=O) groups is 1. The molecule has 0 heterocycles. The van der Waals surface area contributed by atoms with Gasteiger partial charge in [-0.1, -0.05) is 42.0 Å². The normalized spacial score (nSPS) is 12.1. The smallest absolute Gasteiger partial charge is 0.261 e. The molecule has 2 N–H and O–H groups in total. The lowest BCUT2D eigenvalue weighted by Gasteiger charge is -2.16. The Morgan fingerprint density at radius 2 is 1.65 bits per heavy atom. The molecular weight excluding hydrogens is 412 g/mol. The van der Waals surface area contributed by atoms with Gasteiger partial charge in [-0.3, -0.25) is 9.52 Å². The third kappa shape index (κ3) is 6.08. The van der Waals surface area contributed by atoms with Crippen molar-refractivity contribution in [2.24, 2.45) is 0 Å². The molecule has 0 aliphatic heterocycles. The van der Waals surface area contributed by atoms with E-state index in [9.17, 15) is 13.2 Å². The summed E-state index contributed by atoms with van der Waals surface area (Å²) < 4.78 is 33.7. The van der Waals surface area contributed by atoms with Crippen LogP contribution in [-0.4, -0.2) is 27.0 Å². The molecule has 3 aromatic carbocycles. The number of benzene rings is 3. The van der Waals surface area contributed by atoms with Crippen molar-refractivity contribution in [2.45, 2.75) is 31.7 Å². The minimum Gasteiger partial charge on any atom is -0.491 e. The minimum absolute atomic E-state index is 0.166. The first-order valence-corrected chi connectivity index (χ1v) is 11.4. The molecule has 0 radical (unpaired) electrons. The molecule has 3 aromatic rings. The second-order valence-electron chi connectivity index (χ2n) is 7.45. The number of carbonyl (C=O) groups excluding carboxylic acids is 1. The molecule has 0 saturated carbocycles. The third-order valence-electron chi connectivity index (χ3n) is 4.70. The van der Waals surface area contributed by atoms with Crippen LogP contribution in [0.4, 0.5) is 5.69 Å².